The minimum absolute atomic E-state index is 0.0787. The maximum atomic E-state index is 11.9. The maximum absolute atomic E-state index is 11.9. The Balaban J connectivity index is 2.36. The van der Waals surface area contributed by atoms with E-state index in [1.165, 1.54) is 0 Å². The highest BCUT2D eigenvalue weighted by Gasteiger charge is 2.30. The number of carbonyl (C=O) groups is 1. The van der Waals surface area contributed by atoms with Crippen molar-refractivity contribution < 1.29 is 4.79 Å². The summed E-state index contributed by atoms with van der Waals surface area (Å²) in [4.78, 5) is 13.8. The van der Waals surface area contributed by atoms with Gasteiger partial charge in [0.25, 0.3) is 0 Å². The number of rotatable bonds is 4. The Labute approximate surface area is 93.2 Å². The van der Waals surface area contributed by atoms with Gasteiger partial charge in [-0.1, -0.05) is 34.1 Å². The first-order valence-electron chi connectivity index (χ1n) is 5.96. The smallest absolute Gasteiger partial charge is 0.240 e. The van der Waals surface area contributed by atoms with Gasteiger partial charge in [-0.3, -0.25) is 10.1 Å². The van der Waals surface area contributed by atoms with E-state index in [2.05, 4.69) is 33.0 Å². The molecule has 1 rings (SSSR count). The van der Waals surface area contributed by atoms with Gasteiger partial charge in [-0.15, -0.1) is 0 Å². The Morgan fingerprint density at radius 3 is 2.67 bits per heavy atom. The minimum Gasteiger partial charge on any atom is -0.329 e. The van der Waals surface area contributed by atoms with Crippen molar-refractivity contribution in [3.8, 4) is 0 Å². The van der Waals surface area contributed by atoms with Gasteiger partial charge < -0.3 is 4.90 Å². The molecule has 0 spiro atoms. The third-order valence-electron chi connectivity index (χ3n) is 2.85. The highest BCUT2D eigenvalue weighted by molar-refractivity contribution is 5.83. The number of amides is 1. The van der Waals surface area contributed by atoms with Crippen LogP contribution in [0.5, 0.6) is 0 Å². The van der Waals surface area contributed by atoms with Crippen molar-refractivity contribution in [2.45, 2.75) is 53.0 Å². The molecule has 1 atom stereocenters. The van der Waals surface area contributed by atoms with E-state index in [9.17, 15) is 4.79 Å². The van der Waals surface area contributed by atoms with Crippen molar-refractivity contribution in [3.05, 3.63) is 0 Å². The average Bonchev–Trinajstić information content (AvgIpc) is 2.45. The summed E-state index contributed by atoms with van der Waals surface area (Å²) in [5.41, 5.74) is 0.309. The molecule has 0 saturated carbocycles. The Morgan fingerprint density at radius 2 is 2.13 bits per heavy atom. The fraction of sp³-hybridized carbons (Fsp3) is 0.917. The number of nitrogens with one attached hydrogen (secondary N) is 1. The Morgan fingerprint density at radius 1 is 1.47 bits per heavy atom. The van der Waals surface area contributed by atoms with Gasteiger partial charge in [0, 0.05) is 6.54 Å². The first-order valence-corrected chi connectivity index (χ1v) is 5.96. The second-order valence-electron chi connectivity index (χ2n) is 5.62. The molecular formula is C12H24N2O. The van der Waals surface area contributed by atoms with E-state index in [0.29, 0.717) is 11.3 Å². The fourth-order valence-corrected chi connectivity index (χ4v) is 1.78. The summed E-state index contributed by atoms with van der Waals surface area (Å²) >= 11 is 0. The fourth-order valence-electron chi connectivity index (χ4n) is 1.78. The molecule has 3 nitrogen and oxygen atoms in total. The molecule has 1 saturated heterocycles. The van der Waals surface area contributed by atoms with Gasteiger partial charge in [-0.25, -0.2) is 0 Å². The minimum atomic E-state index is 0.0787. The summed E-state index contributed by atoms with van der Waals surface area (Å²) in [6.45, 7) is 10.4. The zero-order valence-electron chi connectivity index (χ0n) is 10.5. The molecule has 1 amide bonds. The lowest BCUT2D eigenvalue weighted by atomic mass is 9.92. The molecule has 0 aliphatic carbocycles. The molecule has 0 aromatic heterocycles. The van der Waals surface area contributed by atoms with Gasteiger partial charge in [-0.05, 0) is 18.3 Å². The molecule has 1 unspecified atom stereocenters. The standard InChI is InChI=1S/C12H24N2O/c1-5-6-10-11(15)14(9-13-10)8-7-12(2,3)4/h10,13H,5-9H2,1-4H3. The number of nitrogens with zero attached hydrogens (tertiary/aromatic N) is 1. The van der Waals surface area contributed by atoms with Gasteiger partial charge in [0.05, 0.1) is 12.7 Å². The van der Waals surface area contributed by atoms with Crippen LogP contribution in [-0.2, 0) is 4.79 Å². The van der Waals surface area contributed by atoms with Crippen molar-refractivity contribution in [3.63, 3.8) is 0 Å². The van der Waals surface area contributed by atoms with Gasteiger partial charge in [0.1, 0.15) is 0 Å². The molecule has 3 heteroatoms. The van der Waals surface area contributed by atoms with E-state index in [-0.39, 0.29) is 6.04 Å². The van der Waals surface area contributed by atoms with E-state index >= 15 is 0 Å². The molecule has 0 aromatic carbocycles. The third-order valence-corrected chi connectivity index (χ3v) is 2.85. The van der Waals surface area contributed by atoms with Crippen LogP contribution in [0.15, 0.2) is 0 Å². The van der Waals surface area contributed by atoms with E-state index in [1.807, 2.05) is 4.90 Å². The van der Waals surface area contributed by atoms with Crippen LogP contribution < -0.4 is 5.32 Å². The van der Waals surface area contributed by atoms with Crippen molar-refractivity contribution in [1.82, 2.24) is 10.2 Å². The monoisotopic (exact) mass is 212 g/mol. The van der Waals surface area contributed by atoms with Crippen LogP contribution in [0.2, 0.25) is 0 Å². The van der Waals surface area contributed by atoms with Crippen LogP contribution in [-0.4, -0.2) is 30.1 Å². The first kappa shape index (κ1) is 12.5. The zero-order valence-corrected chi connectivity index (χ0v) is 10.5. The van der Waals surface area contributed by atoms with Crippen LogP contribution in [0.4, 0.5) is 0 Å². The normalized spacial score (nSPS) is 22.5. The topological polar surface area (TPSA) is 32.3 Å². The van der Waals surface area contributed by atoms with Crippen LogP contribution in [0.1, 0.15) is 47.0 Å². The Hall–Kier alpha value is -0.570. The first-order chi connectivity index (χ1) is 6.94. The third kappa shape index (κ3) is 3.82. The molecule has 1 aliphatic rings. The van der Waals surface area contributed by atoms with E-state index in [1.54, 1.807) is 0 Å². The average molecular weight is 212 g/mol. The van der Waals surface area contributed by atoms with Gasteiger partial charge >= 0.3 is 0 Å². The molecule has 0 aromatic rings. The van der Waals surface area contributed by atoms with Gasteiger partial charge in [0.2, 0.25) is 5.91 Å². The Bertz CT molecular complexity index is 220. The van der Waals surface area contributed by atoms with Crippen LogP contribution in [0, 0.1) is 5.41 Å². The van der Waals surface area contributed by atoms with Gasteiger partial charge in [-0.2, -0.15) is 0 Å². The summed E-state index contributed by atoms with van der Waals surface area (Å²) < 4.78 is 0. The molecule has 1 fully saturated rings. The van der Waals surface area contributed by atoms with Crippen molar-refractivity contribution >= 4 is 5.91 Å². The number of hydrogen-bond acceptors (Lipinski definition) is 2. The lowest BCUT2D eigenvalue weighted by Gasteiger charge is -2.22. The van der Waals surface area contributed by atoms with Gasteiger partial charge in [0.15, 0.2) is 0 Å². The summed E-state index contributed by atoms with van der Waals surface area (Å²) in [5.74, 6) is 0.293. The van der Waals surface area contributed by atoms with E-state index < -0.39 is 0 Å². The molecule has 1 aliphatic heterocycles. The summed E-state index contributed by atoms with van der Waals surface area (Å²) in [6, 6.07) is 0.0787. The molecule has 0 radical (unpaired) electrons. The van der Waals surface area contributed by atoms with Crippen LogP contribution in [0.25, 0.3) is 0 Å². The highest BCUT2D eigenvalue weighted by atomic mass is 16.2. The van der Waals surface area contributed by atoms with Crippen molar-refractivity contribution in [2.24, 2.45) is 5.41 Å². The lowest BCUT2D eigenvalue weighted by Crippen LogP contribution is -2.32. The summed E-state index contributed by atoms with van der Waals surface area (Å²) in [5, 5.41) is 3.27. The van der Waals surface area contributed by atoms with E-state index in [4.69, 9.17) is 0 Å². The molecule has 1 N–H and O–H groups in total. The second-order valence-corrected chi connectivity index (χ2v) is 5.62. The zero-order chi connectivity index (χ0) is 11.5. The van der Waals surface area contributed by atoms with E-state index in [0.717, 1.165) is 32.5 Å². The number of carbonyl (C=O) groups excluding carboxylic acids is 1. The largest absolute Gasteiger partial charge is 0.329 e. The summed E-state index contributed by atoms with van der Waals surface area (Å²) in [7, 11) is 0. The predicted octanol–water partition coefficient (Wildman–Crippen LogP) is 1.98. The predicted molar refractivity (Wildman–Crippen MR) is 62.5 cm³/mol. The Kier molecular flexibility index (Phi) is 4.14. The van der Waals surface area contributed by atoms with Crippen LogP contribution >= 0.6 is 0 Å². The SMILES string of the molecule is CCCC1NCN(CCC(C)(C)C)C1=O. The maximum Gasteiger partial charge on any atom is 0.240 e. The lowest BCUT2D eigenvalue weighted by molar-refractivity contribution is -0.129. The summed E-state index contributed by atoms with van der Waals surface area (Å²) in [6.07, 6.45) is 3.10. The molecule has 0 bridgehead atoms. The second kappa shape index (κ2) is 4.97. The molecule has 1 heterocycles. The van der Waals surface area contributed by atoms with Crippen molar-refractivity contribution in [1.29, 1.82) is 0 Å². The van der Waals surface area contributed by atoms with Crippen molar-refractivity contribution in [2.75, 3.05) is 13.2 Å². The molecular weight excluding hydrogens is 188 g/mol. The molecule has 15 heavy (non-hydrogen) atoms. The quantitative estimate of drug-likeness (QED) is 0.773. The van der Waals surface area contributed by atoms with Crippen LogP contribution in [0.3, 0.4) is 0 Å². The highest BCUT2D eigenvalue weighted by Crippen LogP contribution is 2.20. The number of hydrogen-bond donors (Lipinski definition) is 1. The molecule has 88 valence electrons.